The Labute approximate surface area is 172 Å². The summed E-state index contributed by atoms with van der Waals surface area (Å²) in [6.07, 6.45) is 2.96. The molecule has 1 heterocycles. The van der Waals surface area contributed by atoms with E-state index in [1.54, 1.807) is 13.1 Å². The van der Waals surface area contributed by atoms with Crippen molar-refractivity contribution in [1.29, 1.82) is 0 Å². The first-order valence-electron chi connectivity index (χ1n) is 9.85. The van der Waals surface area contributed by atoms with Gasteiger partial charge in [0.15, 0.2) is 6.10 Å². The zero-order valence-corrected chi connectivity index (χ0v) is 17.7. The molecule has 1 amide bonds. The van der Waals surface area contributed by atoms with E-state index in [0.29, 0.717) is 5.75 Å². The van der Waals surface area contributed by atoms with Crippen molar-refractivity contribution in [1.82, 2.24) is 14.9 Å². The number of ether oxygens (including phenoxy) is 1. The Kier molecular flexibility index (Phi) is 6.06. The molecule has 0 bridgehead atoms. The number of nitrogens with one attached hydrogen (secondary N) is 1. The number of aryl methyl sites for hydroxylation is 1. The van der Waals surface area contributed by atoms with E-state index in [2.05, 4.69) is 37.1 Å². The molecule has 0 saturated carbocycles. The summed E-state index contributed by atoms with van der Waals surface area (Å²) in [7, 11) is 1.92. The van der Waals surface area contributed by atoms with Crippen LogP contribution in [0.15, 0.2) is 67.0 Å². The molecule has 3 aromatic rings. The van der Waals surface area contributed by atoms with Crippen LogP contribution in [0.5, 0.6) is 5.75 Å². The van der Waals surface area contributed by atoms with Crippen molar-refractivity contribution in [3.8, 4) is 5.75 Å². The Balaban J connectivity index is 1.77. The number of imidazole rings is 1. The summed E-state index contributed by atoms with van der Waals surface area (Å²) in [5.41, 5.74) is 2.15. The maximum atomic E-state index is 12.9. The van der Waals surface area contributed by atoms with E-state index in [0.717, 1.165) is 17.0 Å². The smallest absolute Gasteiger partial charge is 0.261 e. The van der Waals surface area contributed by atoms with Crippen LogP contribution in [0.2, 0.25) is 0 Å². The first-order valence-corrected chi connectivity index (χ1v) is 9.85. The van der Waals surface area contributed by atoms with Crippen LogP contribution in [0.4, 0.5) is 0 Å². The van der Waals surface area contributed by atoms with Gasteiger partial charge >= 0.3 is 0 Å². The van der Waals surface area contributed by atoms with Crippen molar-refractivity contribution >= 4 is 5.91 Å². The van der Waals surface area contributed by atoms with Crippen molar-refractivity contribution in [2.75, 3.05) is 0 Å². The van der Waals surface area contributed by atoms with E-state index < -0.39 is 6.10 Å². The Bertz CT molecular complexity index is 958. The number of hydrogen-bond donors (Lipinski definition) is 1. The molecule has 0 radical (unpaired) electrons. The molecule has 1 aromatic heterocycles. The number of amides is 1. The van der Waals surface area contributed by atoms with Gasteiger partial charge in [0.2, 0.25) is 0 Å². The first kappa shape index (κ1) is 20.6. The molecule has 0 aliphatic rings. The molecule has 0 aliphatic heterocycles. The van der Waals surface area contributed by atoms with Gasteiger partial charge in [0, 0.05) is 19.4 Å². The van der Waals surface area contributed by atoms with Gasteiger partial charge in [-0.05, 0) is 35.6 Å². The van der Waals surface area contributed by atoms with Gasteiger partial charge in [-0.15, -0.1) is 0 Å². The molecule has 29 heavy (non-hydrogen) atoms. The van der Waals surface area contributed by atoms with Crippen LogP contribution < -0.4 is 10.1 Å². The number of hydrogen-bond acceptors (Lipinski definition) is 3. The highest BCUT2D eigenvalue weighted by atomic mass is 16.5. The second-order valence-corrected chi connectivity index (χ2v) is 8.29. The predicted octanol–water partition coefficient (Wildman–Crippen LogP) is 4.39. The van der Waals surface area contributed by atoms with E-state index in [1.807, 2.05) is 66.3 Å². The monoisotopic (exact) mass is 391 g/mol. The normalized spacial score (nSPS) is 13.6. The van der Waals surface area contributed by atoms with E-state index in [9.17, 15) is 4.79 Å². The van der Waals surface area contributed by atoms with Crippen LogP contribution in [-0.4, -0.2) is 21.6 Å². The van der Waals surface area contributed by atoms with Crippen molar-refractivity contribution in [3.05, 3.63) is 83.9 Å². The lowest BCUT2D eigenvalue weighted by atomic mass is 9.87. The molecule has 5 heteroatoms. The predicted molar refractivity (Wildman–Crippen MR) is 115 cm³/mol. The lowest BCUT2D eigenvalue weighted by Gasteiger charge is -2.23. The molecule has 2 atom stereocenters. The third-order valence-electron chi connectivity index (χ3n) is 4.92. The second kappa shape index (κ2) is 8.52. The maximum Gasteiger partial charge on any atom is 0.261 e. The van der Waals surface area contributed by atoms with Crippen LogP contribution >= 0.6 is 0 Å². The average Bonchev–Trinajstić information content (AvgIpc) is 3.11. The molecule has 3 rings (SSSR count). The van der Waals surface area contributed by atoms with Crippen molar-refractivity contribution in [2.24, 2.45) is 7.05 Å². The average molecular weight is 392 g/mol. The largest absolute Gasteiger partial charge is 0.481 e. The minimum Gasteiger partial charge on any atom is -0.481 e. The van der Waals surface area contributed by atoms with Gasteiger partial charge in [0.25, 0.3) is 5.91 Å². The summed E-state index contributed by atoms with van der Waals surface area (Å²) in [5, 5.41) is 3.09. The van der Waals surface area contributed by atoms with E-state index in [1.165, 1.54) is 0 Å². The van der Waals surface area contributed by atoms with Crippen LogP contribution in [0.25, 0.3) is 0 Å². The minimum absolute atomic E-state index is 0.0154. The van der Waals surface area contributed by atoms with Gasteiger partial charge in [-0.25, -0.2) is 4.98 Å². The van der Waals surface area contributed by atoms with Crippen LogP contribution in [-0.2, 0) is 17.3 Å². The highest BCUT2D eigenvalue weighted by molar-refractivity contribution is 5.81. The summed E-state index contributed by atoms with van der Waals surface area (Å²) < 4.78 is 7.87. The van der Waals surface area contributed by atoms with Crippen LogP contribution in [0.1, 0.15) is 50.7 Å². The van der Waals surface area contributed by atoms with E-state index in [-0.39, 0.29) is 17.4 Å². The van der Waals surface area contributed by atoms with Gasteiger partial charge in [-0.2, -0.15) is 0 Å². The molecule has 2 aromatic carbocycles. The Morgan fingerprint density at radius 3 is 2.45 bits per heavy atom. The summed E-state index contributed by atoms with van der Waals surface area (Å²) in [6.45, 7) is 8.22. The fourth-order valence-electron chi connectivity index (χ4n) is 3.15. The molecule has 0 unspecified atom stereocenters. The lowest BCUT2D eigenvalue weighted by molar-refractivity contribution is -0.127. The quantitative estimate of drug-likeness (QED) is 0.678. The number of carbonyl (C=O) groups is 1. The first-order chi connectivity index (χ1) is 13.8. The molecule has 0 fully saturated rings. The number of aromatic nitrogens is 2. The maximum absolute atomic E-state index is 12.9. The zero-order valence-electron chi connectivity index (χ0n) is 17.7. The number of rotatable bonds is 6. The zero-order chi connectivity index (χ0) is 21.0. The van der Waals surface area contributed by atoms with Crippen molar-refractivity contribution in [3.63, 3.8) is 0 Å². The highest BCUT2D eigenvalue weighted by Gasteiger charge is 2.24. The van der Waals surface area contributed by atoms with E-state index in [4.69, 9.17) is 4.74 Å². The summed E-state index contributed by atoms with van der Waals surface area (Å²) in [6, 6.07) is 17.4. The fraction of sp³-hybridized carbons (Fsp3) is 0.333. The fourth-order valence-corrected chi connectivity index (χ4v) is 3.15. The third-order valence-corrected chi connectivity index (χ3v) is 4.92. The molecule has 0 spiro atoms. The number of carbonyl (C=O) groups excluding carboxylic acids is 1. The molecular weight excluding hydrogens is 362 g/mol. The lowest BCUT2D eigenvalue weighted by Crippen LogP contribution is -2.39. The summed E-state index contributed by atoms with van der Waals surface area (Å²) >= 11 is 0. The van der Waals surface area contributed by atoms with Crippen molar-refractivity contribution in [2.45, 2.75) is 45.3 Å². The SMILES string of the molecule is C[C@H](Oc1cccc(C(C)(C)C)c1)C(=O)N[C@H](c1ccccc1)c1nccn1C. The van der Waals surface area contributed by atoms with Gasteiger partial charge in [-0.1, -0.05) is 63.2 Å². The van der Waals surface area contributed by atoms with Gasteiger partial charge in [0.1, 0.15) is 17.6 Å². The molecule has 0 saturated heterocycles. The molecule has 0 aliphatic carbocycles. The molecule has 5 nitrogen and oxygen atoms in total. The summed E-state index contributed by atoms with van der Waals surface area (Å²) in [4.78, 5) is 17.4. The number of benzene rings is 2. The standard InChI is InChI=1S/C24H29N3O2/c1-17(29-20-13-9-12-19(16-20)24(2,3)4)23(28)26-21(18-10-7-6-8-11-18)22-25-14-15-27(22)5/h6-17,21H,1-5H3,(H,26,28)/t17-,21+/m0/s1. The molecule has 1 N–H and O–H groups in total. The van der Waals surface area contributed by atoms with Gasteiger partial charge in [-0.3, -0.25) is 4.79 Å². The van der Waals surface area contributed by atoms with Crippen LogP contribution in [0, 0.1) is 0 Å². The van der Waals surface area contributed by atoms with Crippen molar-refractivity contribution < 1.29 is 9.53 Å². The number of nitrogens with zero attached hydrogens (tertiary/aromatic N) is 2. The van der Waals surface area contributed by atoms with Gasteiger partial charge in [0.05, 0.1) is 0 Å². The highest BCUT2D eigenvalue weighted by Crippen LogP contribution is 2.26. The second-order valence-electron chi connectivity index (χ2n) is 8.29. The minimum atomic E-state index is -0.642. The topological polar surface area (TPSA) is 56.1 Å². The molecular formula is C24H29N3O2. The van der Waals surface area contributed by atoms with Gasteiger partial charge < -0.3 is 14.6 Å². The third kappa shape index (κ3) is 5.05. The molecule has 152 valence electrons. The van der Waals surface area contributed by atoms with Crippen LogP contribution in [0.3, 0.4) is 0 Å². The Hall–Kier alpha value is -3.08. The van der Waals surface area contributed by atoms with E-state index >= 15 is 0 Å². The Morgan fingerprint density at radius 1 is 1.10 bits per heavy atom. The summed E-state index contributed by atoms with van der Waals surface area (Å²) in [5.74, 6) is 1.27. The Morgan fingerprint density at radius 2 is 1.83 bits per heavy atom.